The molecule has 0 aromatic heterocycles. The van der Waals surface area contributed by atoms with E-state index >= 15 is 0 Å². The van der Waals surface area contributed by atoms with Gasteiger partial charge in [-0.05, 0) is 85.0 Å². The Labute approximate surface area is 125 Å². The van der Waals surface area contributed by atoms with Crippen molar-refractivity contribution in [3.8, 4) is 5.75 Å². The van der Waals surface area contributed by atoms with Crippen LogP contribution in [0.4, 0.5) is 0 Å². The monoisotopic (exact) mass is 275 g/mol. The van der Waals surface area contributed by atoms with Crippen molar-refractivity contribution >= 4 is 0 Å². The molecule has 4 rings (SSSR count). The van der Waals surface area contributed by atoms with Crippen molar-refractivity contribution in [2.45, 2.75) is 57.4 Å². The Hall–Kier alpha value is -1.02. The standard InChI is InChI=1S/C18H24O2/c1-18-9-8-14-13-5-3-12(19)10-11(13)2-4-15(14)16(18)6-7-17(18)20/h3,5,10,14-17,19-20H,2,4,6-9H2,1H3/t14-,15-,16+,17+,18+/m1/s1/i1D3. The fraction of sp³-hybridized carbons (Fsp3) is 0.667. The third kappa shape index (κ3) is 1.60. The van der Waals surface area contributed by atoms with Gasteiger partial charge in [-0.3, -0.25) is 0 Å². The van der Waals surface area contributed by atoms with Crippen molar-refractivity contribution in [3.63, 3.8) is 0 Å². The van der Waals surface area contributed by atoms with E-state index in [-0.39, 0.29) is 5.92 Å². The molecule has 2 N–H and O–H groups in total. The van der Waals surface area contributed by atoms with Crippen molar-refractivity contribution in [2.75, 3.05) is 0 Å². The Morgan fingerprint density at radius 2 is 2.15 bits per heavy atom. The highest BCUT2D eigenvalue weighted by molar-refractivity contribution is 5.40. The third-order valence-corrected chi connectivity index (χ3v) is 6.18. The average Bonchev–Trinajstić information content (AvgIpc) is 2.85. The molecule has 0 saturated heterocycles. The van der Waals surface area contributed by atoms with E-state index in [1.165, 1.54) is 11.1 Å². The highest BCUT2D eigenvalue weighted by Crippen LogP contribution is 2.60. The van der Waals surface area contributed by atoms with Crippen LogP contribution in [0.2, 0.25) is 0 Å². The van der Waals surface area contributed by atoms with Crippen molar-refractivity contribution < 1.29 is 14.3 Å². The molecular weight excluding hydrogens is 248 g/mol. The van der Waals surface area contributed by atoms with Gasteiger partial charge in [0, 0.05) is 4.11 Å². The molecule has 0 spiro atoms. The minimum atomic E-state index is -2.09. The zero-order chi connectivity index (χ0) is 16.4. The summed E-state index contributed by atoms with van der Waals surface area (Å²) >= 11 is 0. The number of aliphatic hydroxyl groups excluding tert-OH is 1. The van der Waals surface area contributed by atoms with E-state index < -0.39 is 18.4 Å². The van der Waals surface area contributed by atoms with Crippen molar-refractivity contribution in [1.29, 1.82) is 0 Å². The van der Waals surface area contributed by atoms with Gasteiger partial charge in [-0.2, -0.15) is 0 Å². The van der Waals surface area contributed by atoms with Crippen LogP contribution < -0.4 is 0 Å². The number of aryl methyl sites for hydroxylation is 1. The SMILES string of the molecule is [2H]C([2H])([2H])[C@]12CC[C@@H]3c4ccc(O)cc4CC[C@H]3[C@@H]1CC[C@@H]2O. The second kappa shape index (κ2) is 4.24. The number of hydrogen-bond acceptors (Lipinski definition) is 2. The average molecular weight is 275 g/mol. The van der Waals surface area contributed by atoms with Gasteiger partial charge in [0.05, 0.1) is 6.10 Å². The molecule has 3 aliphatic rings. The Bertz CT molecular complexity index is 627. The smallest absolute Gasteiger partial charge is 0.115 e. The first kappa shape index (κ1) is 9.83. The first-order valence-electron chi connectivity index (χ1n) is 9.34. The lowest BCUT2D eigenvalue weighted by Gasteiger charge is -2.50. The molecule has 0 heterocycles. The van der Waals surface area contributed by atoms with E-state index in [0.29, 0.717) is 30.4 Å². The summed E-state index contributed by atoms with van der Waals surface area (Å²) in [5, 5.41) is 20.2. The predicted molar refractivity (Wildman–Crippen MR) is 78.7 cm³/mol. The third-order valence-electron chi connectivity index (χ3n) is 6.18. The van der Waals surface area contributed by atoms with Gasteiger partial charge in [0.25, 0.3) is 0 Å². The van der Waals surface area contributed by atoms with E-state index in [1.54, 1.807) is 6.07 Å². The molecule has 0 amide bonds. The van der Waals surface area contributed by atoms with Crippen LogP contribution in [0.25, 0.3) is 0 Å². The zero-order valence-corrected chi connectivity index (χ0v) is 11.7. The fourth-order valence-electron chi connectivity index (χ4n) is 5.22. The zero-order valence-electron chi connectivity index (χ0n) is 14.7. The number of rotatable bonds is 0. The molecule has 0 aliphatic heterocycles. The molecule has 2 fully saturated rings. The number of hydrogen-bond donors (Lipinski definition) is 2. The molecule has 20 heavy (non-hydrogen) atoms. The lowest BCUT2D eigenvalue weighted by molar-refractivity contribution is -0.0226. The minimum Gasteiger partial charge on any atom is -0.508 e. The summed E-state index contributed by atoms with van der Waals surface area (Å²) in [5.74, 6) is 1.13. The Morgan fingerprint density at radius 1 is 1.25 bits per heavy atom. The summed E-state index contributed by atoms with van der Waals surface area (Å²) in [6.45, 7) is -2.09. The topological polar surface area (TPSA) is 40.5 Å². The van der Waals surface area contributed by atoms with E-state index in [4.69, 9.17) is 4.11 Å². The normalized spacial score (nSPS) is 45.5. The van der Waals surface area contributed by atoms with Gasteiger partial charge in [0.2, 0.25) is 0 Å². The number of phenolic OH excluding ortho intramolecular Hbond substituents is 1. The molecule has 108 valence electrons. The van der Waals surface area contributed by atoms with Crippen molar-refractivity contribution in [2.24, 2.45) is 17.3 Å². The first-order valence-corrected chi connectivity index (χ1v) is 7.84. The molecule has 1 aromatic carbocycles. The van der Waals surface area contributed by atoms with Gasteiger partial charge in [0.15, 0.2) is 0 Å². The molecule has 1 aromatic rings. The summed E-state index contributed by atoms with van der Waals surface area (Å²) in [7, 11) is 0. The molecule has 0 unspecified atom stereocenters. The molecular formula is C18H24O2. The van der Waals surface area contributed by atoms with Gasteiger partial charge in [-0.1, -0.05) is 12.9 Å². The quantitative estimate of drug-likeness (QED) is 0.759. The number of phenols is 1. The van der Waals surface area contributed by atoms with Crippen LogP contribution in [-0.4, -0.2) is 16.3 Å². The summed E-state index contributed by atoms with van der Waals surface area (Å²) in [5.41, 5.74) is 1.61. The maximum Gasteiger partial charge on any atom is 0.115 e. The Morgan fingerprint density at radius 3 is 3.00 bits per heavy atom. The van der Waals surface area contributed by atoms with Gasteiger partial charge in [-0.15, -0.1) is 0 Å². The molecule has 2 heteroatoms. The lowest BCUT2D eigenvalue weighted by atomic mass is 9.55. The summed E-state index contributed by atoms with van der Waals surface area (Å²) < 4.78 is 24.3. The summed E-state index contributed by atoms with van der Waals surface area (Å²) in [4.78, 5) is 0. The second-order valence-corrected chi connectivity index (χ2v) is 6.97. The minimum absolute atomic E-state index is 0.0886. The number of benzene rings is 1. The van der Waals surface area contributed by atoms with Crippen LogP contribution in [0.1, 0.15) is 60.1 Å². The van der Waals surface area contributed by atoms with Crippen LogP contribution in [0.3, 0.4) is 0 Å². The van der Waals surface area contributed by atoms with Crippen molar-refractivity contribution in [3.05, 3.63) is 29.3 Å². The molecule has 0 radical (unpaired) electrons. The second-order valence-electron chi connectivity index (χ2n) is 6.97. The highest BCUT2D eigenvalue weighted by Gasteiger charge is 2.54. The molecule has 0 bridgehead atoms. The Kier molecular flexibility index (Phi) is 2.08. The van der Waals surface area contributed by atoms with Crippen LogP contribution in [0, 0.1) is 17.3 Å². The summed E-state index contributed by atoms with van der Waals surface area (Å²) in [6, 6.07) is 5.63. The van der Waals surface area contributed by atoms with Gasteiger partial charge in [0.1, 0.15) is 5.75 Å². The number of fused-ring (bicyclic) bond motifs is 5. The maximum atomic E-state index is 10.5. The van der Waals surface area contributed by atoms with Crippen LogP contribution in [0.15, 0.2) is 18.2 Å². The lowest BCUT2D eigenvalue weighted by Crippen LogP contribution is -2.43. The first-order chi connectivity index (χ1) is 10.8. The van der Waals surface area contributed by atoms with E-state index in [2.05, 4.69) is 0 Å². The van der Waals surface area contributed by atoms with Crippen LogP contribution in [0.5, 0.6) is 5.75 Å². The predicted octanol–water partition coefficient (Wildman–Crippen LogP) is 3.61. The number of aliphatic hydroxyl groups is 1. The maximum absolute atomic E-state index is 10.5. The van der Waals surface area contributed by atoms with Crippen LogP contribution >= 0.6 is 0 Å². The molecule has 2 nitrogen and oxygen atoms in total. The highest BCUT2D eigenvalue weighted by atomic mass is 16.3. The molecule has 3 aliphatic carbocycles. The summed E-state index contributed by atoms with van der Waals surface area (Å²) in [6.07, 6.45) is 4.03. The largest absolute Gasteiger partial charge is 0.508 e. The Balaban J connectivity index is 1.74. The van der Waals surface area contributed by atoms with E-state index in [9.17, 15) is 10.2 Å². The van der Waals surface area contributed by atoms with E-state index in [0.717, 1.165) is 25.7 Å². The van der Waals surface area contributed by atoms with Gasteiger partial charge < -0.3 is 10.2 Å². The van der Waals surface area contributed by atoms with E-state index in [1.807, 2.05) is 12.1 Å². The van der Waals surface area contributed by atoms with Crippen LogP contribution in [-0.2, 0) is 6.42 Å². The number of aromatic hydroxyl groups is 1. The van der Waals surface area contributed by atoms with Crippen molar-refractivity contribution in [1.82, 2.24) is 0 Å². The van der Waals surface area contributed by atoms with Gasteiger partial charge >= 0.3 is 0 Å². The molecule has 5 atom stereocenters. The van der Waals surface area contributed by atoms with Gasteiger partial charge in [-0.25, -0.2) is 0 Å². The molecule has 2 saturated carbocycles. The fourth-order valence-corrected chi connectivity index (χ4v) is 5.22.